The molecule has 1 aliphatic rings. The number of halogens is 1. The second-order valence-electron chi connectivity index (χ2n) is 5.73. The zero-order valence-corrected chi connectivity index (χ0v) is 13.4. The highest BCUT2D eigenvalue weighted by atomic mass is 79.9. The molecule has 2 nitrogen and oxygen atoms in total. The van der Waals surface area contributed by atoms with Crippen LogP contribution in [0, 0.1) is 11.3 Å². The van der Waals surface area contributed by atoms with E-state index in [-0.39, 0.29) is 0 Å². The standard InChI is InChI=1S/C18H16BrNO/c1-17(21,15-8-4-5-9-16(15)19)18(12-20)11-10-13-6-2-3-7-14(13)18/h2-9,21H,10-11H2,1H3. The van der Waals surface area contributed by atoms with Crippen molar-refractivity contribution in [3.8, 4) is 6.07 Å². The van der Waals surface area contributed by atoms with Crippen LogP contribution in [-0.4, -0.2) is 5.11 Å². The largest absolute Gasteiger partial charge is 0.383 e. The van der Waals surface area contributed by atoms with Crippen LogP contribution in [0.15, 0.2) is 53.0 Å². The molecule has 0 amide bonds. The van der Waals surface area contributed by atoms with E-state index in [0.29, 0.717) is 6.42 Å². The molecule has 0 bridgehead atoms. The number of hydrogen-bond donors (Lipinski definition) is 1. The molecule has 0 aromatic heterocycles. The van der Waals surface area contributed by atoms with Gasteiger partial charge in [0.2, 0.25) is 0 Å². The molecule has 0 saturated heterocycles. The Hall–Kier alpha value is -1.63. The van der Waals surface area contributed by atoms with E-state index in [0.717, 1.165) is 27.6 Å². The molecule has 1 N–H and O–H groups in total. The summed E-state index contributed by atoms with van der Waals surface area (Å²) in [6, 6.07) is 17.9. The second-order valence-corrected chi connectivity index (χ2v) is 6.58. The van der Waals surface area contributed by atoms with Crippen LogP contribution >= 0.6 is 15.9 Å². The van der Waals surface area contributed by atoms with Crippen molar-refractivity contribution in [3.05, 3.63) is 69.7 Å². The minimum absolute atomic E-state index is 0.636. The van der Waals surface area contributed by atoms with Gasteiger partial charge in [-0.2, -0.15) is 5.26 Å². The third-order valence-electron chi connectivity index (χ3n) is 4.67. The number of rotatable bonds is 2. The van der Waals surface area contributed by atoms with Crippen molar-refractivity contribution in [1.29, 1.82) is 5.26 Å². The lowest BCUT2D eigenvalue weighted by molar-refractivity contribution is -0.00475. The first kappa shape index (κ1) is 14.3. The van der Waals surface area contributed by atoms with Crippen LogP contribution in [0.1, 0.15) is 30.0 Å². The summed E-state index contributed by atoms with van der Waals surface area (Å²) in [4.78, 5) is 0. The summed E-state index contributed by atoms with van der Waals surface area (Å²) in [6.07, 6.45) is 1.46. The smallest absolute Gasteiger partial charge is 0.115 e. The van der Waals surface area contributed by atoms with Crippen molar-refractivity contribution < 1.29 is 5.11 Å². The molecular weight excluding hydrogens is 326 g/mol. The zero-order valence-electron chi connectivity index (χ0n) is 11.8. The molecule has 0 aliphatic heterocycles. The molecule has 3 heteroatoms. The van der Waals surface area contributed by atoms with Gasteiger partial charge in [0.05, 0.1) is 6.07 Å². The van der Waals surface area contributed by atoms with Gasteiger partial charge in [0, 0.05) is 4.47 Å². The first-order valence-corrected chi connectivity index (χ1v) is 7.79. The molecule has 2 aromatic carbocycles. The molecule has 2 atom stereocenters. The molecule has 1 aliphatic carbocycles. The van der Waals surface area contributed by atoms with Crippen LogP contribution in [-0.2, 0) is 17.4 Å². The molecule has 21 heavy (non-hydrogen) atoms. The Balaban J connectivity index is 2.22. The summed E-state index contributed by atoms with van der Waals surface area (Å²) < 4.78 is 0.828. The molecule has 2 aromatic rings. The van der Waals surface area contributed by atoms with Crippen LogP contribution in [0.2, 0.25) is 0 Å². The average Bonchev–Trinajstić information content (AvgIpc) is 2.88. The van der Waals surface area contributed by atoms with Crippen LogP contribution < -0.4 is 0 Å². The lowest BCUT2D eigenvalue weighted by Crippen LogP contribution is -2.45. The zero-order chi connectivity index (χ0) is 15.1. The second kappa shape index (κ2) is 4.98. The summed E-state index contributed by atoms with van der Waals surface area (Å²) in [5.74, 6) is 0. The summed E-state index contributed by atoms with van der Waals surface area (Å²) in [5.41, 5.74) is 0.699. The molecule has 0 fully saturated rings. The summed E-state index contributed by atoms with van der Waals surface area (Å²) in [5, 5.41) is 21.2. The van der Waals surface area contributed by atoms with E-state index in [1.165, 1.54) is 0 Å². The Morgan fingerprint density at radius 3 is 2.57 bits per heavy atom. The quantitative estimate of drug-likeness (QED) is 0.894. The van der Waals surface area contributed by atoms with E-state index in [4.69, 9.17) is 0 Å². The highest BCUT2D eigenvalue weighted by Crippen LogP contribution is 2.51. The number of aryl methyl sites for hydroxylation is 1. The Morgan fingerprint density at radius 2 is 1.86 bits per heavy atom. The maximum Gasteiger partial charge on any atom is 0.115 e. The van der Waals surface area contributed by atoms with Crippen molar-refractivity contribution in [1.82, 2.24) is 0 Å². The van der Waals surface area contributed by atoms with Gasteiger partial charge in [-0.15, -0.1) is 0 Å². The Labute approximate surface area is 133 Å². The predicted molar refractivity (Wildman–Crippen MR) is 85.8 cm³/mol. The highest BCUT2D eigenvalue weighted by Gasteiger charge is 2.53. The Bertz CT molecular complexity index is 732. The van der Waals surface area contributed by atoms with E-state index in [1.807, 2.05) is 48.5 Å². The van der Waals surface area contributed by atoms with Crippen molar-refractivity contribution in [3.63, 3.8) is 0 Å². The highest BCUT2D eigenvalue weighted by molar-refractivity contribution is 9.10. The van der Waals surface area contributed by atoms with Crippen molar-refractivity contribution in [2.45, 2.75) is 30.8 Å². The maximum absolute atomic E-state index is 11.3. The summed E-state index contributed by atoms with van der Waals surface area (Å²) in [6.45, 7) is 1.75. The van der Waals surface area contributed by atoms with E-state index in [1.54, 1.807) is 6.92 Å². The average molecular weight is 342 g/mol. The fourth-order valence-corrected chi connectivity index (χ4v) is 4.10. The van der Waals surface area contributed by atoms with Gasteiger partial charge in [-0.3, -0.25) is 0 Å². The Kier molecular flexibility index (Phi) is 3.39. The fourth-order valence-electron chi connectivity index (χ4n) is 3.43. The SMILES string of the molecule is CC(O)(c1ccccc1Br)C1(C#N)CCc2ccccc21. The number of fused-ring (bicyclic) bond motifs is 1. The van der Waals surface area contributed by atoms with Gasteiger partial charge in [-0.05, 0) is 42.5 Å². The summed E-state index contributed by atoms with van der Waals surface area (Å²) >= 11 is 3.50. The van der Waals surface area contributed by atoms with Gasteiger partial charge < -0.3 is 5.11 Å². The lowest BCUT2D eigenvalue weighted by atomic mass is 9.67. The molecule has 2 unspecified atom stereocenters. The monoisotopic (exact) mass is 341 g/mol. The normalized spacial score (nSPS) is 23.1. The molecule has 106 valence electrons. The molecule has 0 radical (unpaired) electrons. The van der Waals surface area contributed by atoms with Crippen molar-refractivity contribution in [2.24, 2.45) is 0 Å². The molecule has 0 heterocycles. The minimum atomic E-state index is -1.26. The maximum atomic E-state index is 11.3. The van der Waals surface area contributed by atoms with E-state index in [2.05, 4.69) is 22.0 Å². The number of aliphatic hydroxyl groups is 1. The lowest BCUT2D eigenvalue weighted by Gasteiger charge is -2.39. The van der Waals surface area contributed by atoms with Crippen molar-refractivity contribution in [2.75, 3.05) is 0 Å². The van der Waals surface area contributed by atoms with Gasteiger partial charge >= 0.3 is 0 Å². The molecular formula is C18H16BrNO. The van der Waals surface area contributed by atoms with Crippen LogP contribution in [0.25, 0.3) is 0 Å². The summed E-state index contributed by atoms with van der Waals surface area (Å²) in [7, 11) is 0. The Morgan fingerprint density at radius 1 is 1.19 bits per heavy atom. The third-order valence-corrected chi connectivity index (χ3v) is 5.36. The number of benzene rings is 2. The number of hydrogen-bond acceptors (Lipinski definition) is 2. The van der Waals surface area contributed by atoms with E-state index >= 15 is 0 Å². The van der Waals surface area contributed by atoms with E-state index < -0.39 is 11.0 Å². The molecule has 0 saturated carbocycles. The first-order valence-electron chi connectivity index (χ1n) is 7.00. The van der Waals surface area contributed by atoms with Gasteiger partial charge in [-0.1, -0.05) is 58.4 Å². The topological polar surface area (TPSA) is 44.0 Å². The number of nitrogens with zero attached hydrogens (tertiary/aromatic N) is 1. The van der Waals surface area contributed by atoms with Gasteiger partial charge in [0.25, 0.3) is 0 Å². The third kappa shape index (κ3) is 1.94. The first-order chi connectivity index (χ1) is 10.0. The van der Waals surface area contributed by atoms with Crippen LogP contribution in [0.4, 0.5) is 0 Å². The van der Waals surface area contributed by atoms with Crippen molar-refractivity contribution >= 4 is 15.9 Å². The van der Waals surface area contributed by atoms with E-state index in [9.17, 15) is 10.4 Å². The fraction of sp³-hybridized carbons (Fsp3) is 0.278. The minimum Gasteiger partial charge on any atom is -0.383 e. The molecule has 0 spiro atoms. The predicted octanol–water partition coefficient (Wildman–Crippen LogP) is 4.06. The number of nitriles is 1. The van der Waals surface area contributed by atoms with Crippen LogP contribution in [0.5, 0.6) is 0 Å². The van der Waals surface area contributed by atoms with Gasteiger partial charge in [0.15, 0.2) is 0 Å². The van der Waals surface area contributed by atoms with Crippen LogP contribution in [0.3, 0.4) is 0 Å². The van der Waals surface area contributed by atoms with Gasteiger partial charge in [-0.25, -0.2) is 0 Å². The van der Waals surface area contributed by atoms with Gasteiger partial charge in [0.1, 0.15) is 11.0 Å². The molecule has 3 rings (SSSR count).